The molecule has 0 aliphatic carbocycles. The molecule has 0 aromatic rings. The normalized spacial score (nSPS) is 23.8. The van der Waals surface area contributed by atoms with E-state index in [0.717, 1.165) is 30.7 Å². The number of nitrogens with zero attached hydrogens (tertiary/aromatic N) is 1. The highest BCUT2D eigenvalue weighted by atomic mass is 32.1. The van der Waals surface area contributed by atoms with Gasteiger partial charge in [-0.25, -0.2) is 0 Å². The lowest BCUT2D eigenvalue weighted by molar-refractivity contribution is 0.485. The second-order valence-electron chi connectivity index (χ2n) is 3.18. The quantitative estimate of drug-likeness (QED) is 0.599. The lowest BCUT2D eigenvalue weighted by Crippen LogP contribution is -2.37. The van der Waals surface area contributed by atoms with E-state index in [1.54, 1.807) is 0 Å². The van der Waals surface area contributed by atoms with Crippen molar-refractivity contribution in [3.63, 3.8) is 0 Å². The van der Waals surface area contributed by atoms with Gasteiger partial charge < -0.3 is 10.2 Å². The van der Waals surface area contributed by atoms with E-state index in [4.69, 9.17) is 12.2 Å². The molecule has 0 aromatic heterocycles. The van der Waals surface area contributed by atoms with Crippen LogP contribution in [-0.2, 0) is 0 Å². The minimum absolute atomic E-state index is 0.812. The van der Waals surface area contributed by atoms with Crippen LogP contribution in [0, 0.1) is 5.92 Å². The first kappa shape index (κ1) is 8.78. The summed E-state index contributed by atoms with van der Waals surface area (Å²) in [7, 11) is 0. The Hall–Kier alpha value is -0.310. The Morgan fingerprint density at radius 3 is 2.91 bits per heavy atom. The lowest BCUT2D eigenvalue weighted by Gasteiger charge is -2.19. The zero-order valence-electron chi connectivity index (χ0n) is 7.26. The Kier molecular flexibility index (Phi) is 3.12. The number of nitrogens with one attached hydrogen (secondary N) is 1. The zero-order valence-corrected chi connectivity index (χ0v) is 8.08. The maximum absolute atomic E-state index is 5.18. The molecule has 1 rings (SSSR count). The number of hydrogen-bond donors (Lipinski definition) is 1. The third-order valence-electron chi connectivity index (χ3n) is 2.04. The first-order valence-corrected chi connectivity index (χ1v) is 4.67. The van der Waals surface area contributed by atoms with E-state index in [-0.39, 0.29) is 0 Å². The third kappa shape index (κ3) is 2.33. The van der Waals surface area contributed by atoms with Crippen molar-refractivity contribution in [1.29, 1.82) is 0 Å². The molecule has 1 N–H and O–H groups in total. The Morgan fingerprint density at radius 2 is 2.45 bits per heavy atom. The van der Waals surface area contributed by atoms with Gasteiger partial charge >= 0.3 is 0 Å². The highest BCUT2D eigenvalue weighted by Gasteiger charge is 2.19. The number of hydrogen-bond acceptors (Lipinski definition) is 1. The predicted octanol–water partition coefficient (Wildman–Crippen LogP) is 1.22. The van der Waals surface area contributed by atoms with Gasteiger partial charge in [-0.3, -0.25) is 0 Å². The van der Waals surface area contributed by atoms with Crippen molar-refractivity contribution < 1.29 is 0 Å². The van der Waals surface area contributed by atoms with E-state index in [1.165, 1.54) is 6.42 Å². The van der Waals surface area contributed by atoms with Gasteiger partial charge in [0.25, 0.3) is 0 Å². The molecule has 0 saturated carbocycles. The summed E-state index contributed by atoms with van der Waals surface area (Å²) in [6.07, 6.45) is 1.28. The van der Waals surface area contributed by atoms with Crippen LogP contribution in [-0.4, -0.2) is 29.6 Å². The van der Waals surface area contributed by atoms with Crippen molar-refractivity contribution >= 4 is 17.3 Å². The van der Waals surface area contributed by atoms with E-state index < -0.39 is 0 Å². The molecule has 0 bridgehead atoms. The highest BCUT2D eigenvalue weighted by Crippen LogP contribution is 2.14. The van der Waals surface area contributed by atoms with Crippen molar-refractivity contribution in [1.82, 2.24) is 10.2 Å². The molecule has 2 nitrogen and oxygen atoms in total. The van der Waals surface area contributed by atoms with Gasteiger partial charge in [0.2, 0.25) is 0 Å². The van der Waals surface area contributed by atoms with Gasteiger partial charge in [0.15, 0.2) is 5.11 Å². The molecule has 0 spiro atoms. The van der Waals surface area contributed by atoms with E-state index in [9.17, 15) is 0 Å². The molecule has 1 fully saturated rings. The first-order chi connectivity index (χ1) is 5.24. The lowest BCUT2D eigenvalue weighted by atomic mass is 10.2. The van der Waals surface area contributed by atoms with Gasteiger partial charge in [-0.05, 0) is 31.5 Å². The summed E-state index contributed by atoms with van der Waals surface area (Å²) in [5.74, 6) is 0.812. The number of rotatable bonds is 1. The molecular weight excluding hydrogens is 156 g/mol. The van der Waals surface area contributed by atoms with Crippen LogP contribution in [0.2, 0.25) is 0 Å². The molecule has 1 heterocycles. The van der Waals surface area contributed by atoms with Gasteiger partial charge in [0.1, 0.15) is 0 Å². The van der Waals surface area contributed by atoms with Crippen LogP contribution in [0.25, 0.3) is 0 Å². The first-order valence-electron chi connectivity index (χ1n) is 4.26. The van der Waals surface area contributed by atoms with Crippen molar-refractivity contribution in [2.24, 2.45) is 5.92 Å². The van der Waals surface area contributed by atoms with Crippen LogP contribution in [0.4, 0.5) is 0 Å². The summed E-state index contributed by atoms with van der Waals surface area (Å²) in [6, 6.07) is 0. The Labute approximate surface area is 74.0 Å². The molecule has 64 valence electrons. The SMILES string of the molecule is CCNC(=S)N1CCC(C)C1. The fourth-order valence-corrected chi connectivity index (χ4v) is 1.69. The number of thiocarbonyl (C=S) groups is 1. The maximum atomic E-state index is 5.18. The Balaban J connectivity index is 2.31. The standard InChI is InChI=1S/C8H16N2S/c1-3-9-8(11)10-5-4-7(2)6-10/h7H,3-6H2,1-2H3,(H,9,11). The van der Waals surface area contributed by atoms with Gasteiger partial charge in [0, 0.05) is 19.6 Å². The molecule has 0 aromatic carbocycles. The molecule has 0 radical (unpaired) electrons. The van der Waals surface area contributed by atoms with E-state index in [2.05, 4.69) is 24.1 Å². The summed E-state index contributed by atoms with van der Waals surface area (Å²) in [4.78, 5) is 2.25. The topological polar surface area (TPSA) is 15.3 Å². The Morgan fingerprint density at radius 1 is 1.73 bits per heavy atom. The second kappa shape index (κ2) is 3.90. The summed E-state index contributed by atoms with van der Waals surface area (Å²) >= 11 is 5.18. The number of likely N-dealkylation sites (tertiary alicyclic amines) is 1. The monoisotopic (exact) mass is 172 g/mol. The van der Waals surface area contributed by atoms with Crippen LogP contribution in [0.5, 0.6) is 0 Å². The van der Waals surface area contributed by atoms with Crippen molar-refractivity contribution in [2.75, 3.05) is 19.6 Å². The molecule has 1 aliphatic heterocycles. The molecule has 11 heavy (non-hydrogen) atoms. The van der Waals surface area contributed by atoms with E-state index in [0.29, 0.717) is 0 Å². The predicted molar refractivity (Wildman–Crippen MR) is 51.6 cm³/mol. The minimum atomic E-state index is 0.812. The average molecular weight is 172 g/mol. The molecule has 1 saturated heterocycles. The zero-order chi connectivity index (χ0) is 8.27. The summed E-state index contributed by atoms with van der Waals surface area (Å²) < 4.78 is 0. The fraction of sp³-hybridized carbons (Fsp3) is 0.875. The fourth-order valence-electron chi connectivity index (χ4n) is 1.38. The molecule has 0 amide bonds. The smallest absolute Gasteiger partial charge is 0.168 e. The largest absolute Gasteiger partial charge is 0.363 e. The van der Waals surface area contributed by atoms with Crippen LogP contribution < -0.4 is 5.32 Å². The van der Waals surface area contributed by atoms with Gasteiger partial charge in [-0.1, -0.05) is 6.92 Å². The summed E-state index contributed by atoms with van der Waals surface area (Å²) in [5, 5.41) is 4.09. The van der Waals surface area contributed by atoms with Gasteiger partial charge in [-0.2, -0.15) is 0 Å². The van der Waals surface area contributed by atoms with Gasteiger partial charge in [0.05, 0.1) is 0 Å². The van der Waals surface area contributed by atoms with Crippen molar-refractivity contribution in [2.45, 2.75) is 20.3 Å². The highest BCUT2D eigenvalue weighted by molar-refractivity contribution is 7.80. The Bertz CT molecular complexity index is 147. The minimum Gasteiger partial charge on any atom is -0.363 e. The maximum Gasteiger partial charge on any atom is 0.168 e. The molecule has 3 heteroatoms. The van der Waals surface area contributed by atoms with Gasteiger partial charge in [-0.15, -0.1) is 0 Å². The summed E-state index contributed by atoms with van der Waals surface area (Å²) in [6.45, 7) is 7.54. The van der Waals surface area contributed by atoms with E-state index in [1.807, 2.05) is 0 Å². The van der Waals surface area contributed by atoms with Crippen molar-refractivity contribution in [3.05, 3.63) is 0 Å². The molecule has 1 unspecified atom stereocenters. The van der Waals surface area contributed by atoms with Crippen LogP contribution in [0.3, 0.4) is 0 Å². The molecule has 1 atom stereocenters. The third-order valence-corrected chi connectivity index (χ3v) is 2.44. The molecular formula is C8H16N2S. The summed E-state index contributed by atoms with van der Waals surface area (Å²) in [5.41, 5.74) is 0. The van der Waals surface area contributed by atoms with Crippen LogP contribution >= 0.6 is 12.2 Å². The average Bonchev–Trinajstić information content (AvgIpc) is 2.36. The second-order valence-corrected chi connectivity index (χ2v) is 3.56. The molecule has 1 aliphatic rings. The van der Waals surface area contributed by atoms with Crippen LogP contribution in [0.1, 0.15) is 20.3 Å². The van der Waals surface area contributed by atoms with Crippen molar-refractivity contribution in [3.8, 4) is 0 Å². The van der Waals surface area contributed by atoms with E-state index >= 15 is 0 Å². The van der Waals surface area contributed by atoms with Crippen LogP contribution in [0.15, 0.2) is 0 Å².